The summed E-state index contributed by atoms with van der Waals surface area (Å²) in [5, 5.41) is 0.0712. The molecule has 186 valence electrons. The average molecular weight is 479 g/mol. The van der Waals surface area contributed by atoms with Gasteiger partial charge in [-0.15, -0.1) is 0 Å². The molecular weight excluding hydrogens is 436 g/mol. The summed E-state index contributed by atoms with van der Waals surface area (Å²) in [5.74, 6) is -1.05. The standard InChI is InChI=1S/C26H42O6Si/c1-25(2,3)33(7,8)32-21(15-12-16-24(27)28-6)17-22-23(31-26(4,5)30-22)19-29-18-20-13-10-9-11-14-20/h9-14,16,21-23H,15,17-19H2,1-8H3/b16-12+/t21-,22-,23-/m0/s1. The highest BCUT2D eigenvalue weighted by Crippen LogP contribution is 2.39. The molecule has 1 aromatic rings. The van der Waals surface area contributed by atoms with Gasteiger partial charge in [0.2, 0.25) is 0 Å². The SMILES string of the molecule is COC(=O)/C=C/C[C@@H](C[C@@H]1OC(C)(C)O[C@H]1COCc1ccccc1)O[Si](C)(C)C(C)(C)C. The second-order valence-corrected chi connectivity index (χ2v) is 15.4. The van der Waals surface area contributed by atoms with Gasteiger partial charge in [-0.05, 0) is 44.0 Å². The maximum atomic E-state index is 11.6. The Morgan fingerprint density at radius 1 is 1.15 bits per heavy atom. The maximum Gasteiger partial charge on any atom is 0.330 e. The van der Waals surface area contributed by atoms with E-state index in [1.807, 2.05) is 50.3 Å². The molecule has 1 aliphatic rings. The van der Waals surface area contributed by atoms with Crippen molar-refractivity contribution in [3.05, 3.63) is 48.0 Å². The van der Waals surface area contributed by atoms with E-state index in [1.54, 1.807) is 0 Å². The molecular formula is C26H42O6Si. The van der Waals surface area contributed by atoms with Crippen molar-refractivity contribution in [3.63, 3.8) is 0 Å². The molecule has 0 radical (unpaired) electrons. The van der Waals surface area contributed by atoms with E-state index in [1.165, 1.54) is 13.2 Å². The molecule has 1 aliphatic heterocycles. The Morgan fingerprint density at radius 3 is 2.39 bits per heavy atom. The second-order valence-electron chi connectivity index (χ2n) is 10.6. The molecule has 0 bridgehead atoms. The first-order valence-electron chi connectivity index (χ1n) is 11.7. The second kappa shape index (κ2) is 11.8. The summed E-state index contributed by atoms with van der Waals surface area (Å²) < 4.78 is 29.9. The summed E-state index contributed by atoms with van der Waals surface area (Å²) >= 11 is 0. The van der Waals surface area contributed by atoms with Gasteiger partial charge in [0.15, 0.2) is 14.1 Å². The van der Waals surface area contributed by atoms with Crippen LogP contribution in [0.15, 0.2) is 42.5 Å². The Balaban J connectivity index is 2.08. The van der Waals surface area contributed by atoms with Crippen molar-refractivity contribution in [3.8, 4) is 0 Å². The Bertz CT molecular complexity index is 769. The Hall–Kier alpha value is -1.51. The number of rotatable bonds is 11. The normalized spacial score (nSPS) is 21.9. The van der Waals surface area contributed by atoms with Crippen molar-refractivity contribution >= 4 is 14.3 Å². The van der Waals surface area contributed by atoms with Crippen LogP contribution < -0.4 is 0 Å². The minimum Gasteiger partial charge on any atom is -0.466 e. The van der Waals surface area contributed by atoms with Crippen LogP contribution in [0, 0.1) is 0 Å². The van der Waals surface area contributed by atoms with E-state index in [0.29, 0.717) is 26.1 Å². The molecule has 0 aliphatic carbocycles. The van der Waals surface area contributed by atoms with E-state index in [0.717, 1.165) is 5.56 Å². The lowest BCUT2D eigenvalue weighted by atomic mass is 10.0. The zero-order chi connectivity index (χ0) is 24.7. The van der Waals surface area contributed by atoms with Crippen LogP contribution in [0.3, 0.4) is 0 Å². The topological polar surface area (TPSA) is 63.2 Å². The fourth-order valence-corrected chi connectivity index (χ4v) is 4.93. The van der Waals surface area contributed by atoms with Crippen LogP contribution in [0.1, 0.15) is 53.0 Å². The van der Waals surface area contributed by atoms with Crippen LogP contribution in [-0.4, -0.2) is 52.1 Å². The fraction of sp³-hybridized carbons (Fsp3) is 0.654. The molecule has 6 nitrogen and oxygen atoms in total. The maximum absolute atomic E-state index is 11.6. The smallest absolute Gasteiger partial charge is 0.330 e. The molecule has 0 saturated carbocycles. The Morgan fingerprint density at radius 2 is 1.79 bits per heavy atom. The molecule has 1 aromatic carbocycles. The highest BCUT2D eigenvalue weighted by molar-refractivity contribution is 6.74. The van der Waals surface area contributed by atoms with Gasteiger partial charge >= 0.3 is 5.97 Å². The lowest BCUT2D eigenvalue weighted by Crippen LogP contribution is -2.45. The van der Waals surface area contributed by atoms with Crippen molar-refractivity contribution in [2.75, 3.05) is 13.7 Å². The van der Waals surface area contributed by atoms with Crippen LogP contribution in [0.4, 0.5) is 0 Å². The summed E-state index contributed by atoms with van der Waals surface area (Å²) in [5.41, 5.74) is 1.12. The van der Waals surface area contributed by atoms with Crippen LogP contribution in [-0.2, 0) is 34.8 Å². The highest BCUT2D eigenvalue weighted by atomic mass is 28.4. The van der Waals surface area contributed by atoms with E-state index in [4.69, 9.17) is 23.4 Å². The van der Waals surface area contributed by atoms with Gasteiger partial charge in [0, 0.05) is 12.5 Å². The predicted octanol–water partition coefficient (Wildman–Crippen LogP) is 5.62. The molecule has 1 fully saturated rings. The molecule has 0 aromatic heterocycles. The number of methoxy groups -OCH3 is 1. The molecule has 33 heavy (non-hydrogen) atoms. The Labute approximate surface area is 200 Å². The van der Waals surface area contributed by atoms with Crippen molar-refractivity contribution in [1.29, 1.82) is 0 Å². The minimum atomic E-state index is -2.03. The minimum absolute atomic E-state index is 0.0712. The molecule has 7 heteroatoms. The van der Waals surface area contributed by atoms with Gasteiger partial charge in [-0.3, -0.25) is 0 Å². The third-order valence-corrected chi connectivity index (χ3v) is 10.8. The number of hydrogen-bond acceptors (Lipinski definition) is 6. The first-order valence-corrected chi connectivity index (χ1v) is 14.6. The number of benzene rings is 1. The van der Waals surface area contributed by atoms with E-state index in [-0.39, 0.29) is 29.3 Å². The number of hydrogen-bond donors (Lipinski definition) is 0. The van der Waals surface area contributed by atoms with E-state index >= 15 is 0 Å². The van der Waals surface area contributed by atoms with E-state index in [9.17, 15) is 4.79 Å². The molecule has 3 atom stereocenters. The van der Waals surface area contributed by atoms with Crippen LogP contribution in [0.25, 0.3) is 0 Å². The summed E-state index contributed by atoms with van der Waals surface area (Å²) in [6, 6.07) is 10.1. The summed E-state index contributed by atoms with van der Waals surface area (Å²) in [6.07, 6.45) is 4.06. The van der Waals surface area contributed by atoms with Crippen molar-refractivity contribution < 1.29 is 28.2 Å². The van der Waals surface area contributed by atoms with Gasteiger partial charge < -0.3 is 23.4 Å². The zero-order valence-electron chi connectivity index (χ0n) is 21.6. The molecule has 0 unspecified atom stereocenters. The molecule has 1 saturated heterocycles. The number of esters is 1. The lowest BCUT2D eigenvalue weighted by molar-refractivity contribution is -0.152. The summed E-state index contributed by atoms with van der Waals surface area (Å²) in [4.78, 5) is 11.6. The number of ether oxygens (including phenoxy) is 4. The van der Waals surface area contributed by atoms with Gasteiger partial charge in [0.1, 0.15) is 6.10 Å². The first kappa shape index (κ1) is 27.7. The molecule has 0 amide bonds. The van der Waals surface area contributed by atoms with Crippen LogP contribution in [0.5, 0.6) is 0 Å². The van der Waals surface area contributed by atoms with Crippen LogP contribution in [0.2, 0.25) is 18.1 Å². The summed E-state index contributed by atoms with van der Waals surface area (Å²) in [6.45, 7) is 16.0. The molecule has 0 spiro atoms. The third kappa shape index (κ3) is 8.98. The van der Waals surface area contributed by atoms with Gasteiger partial charge in [-0.1, -0.05) is 57.2 Å². The predicted molar refractivity (Wildman–Crippen MR) is 132 cm³/mol. The molecule has 1 heterocycles. The number of carbonyl (C=O) groups is 1. The van der Waals surface area contributed by atoms with E-state index in [2.05, 4.69) is 33.9 Å². The first-order chi connectivity index (χ1) is 15.3. The quantitative estimate of drug-likeness (QED) is 0.234. The fourth-order valence-electron chi connectivity index (χ4n) is 3.55. The largest absolute Gasteiger partial charge is 0.466 e. The van der Waals surface area contributed by atoms with E-state index < -0.39 is 14.1 Å². The lowest BCUT2D eigenvalue weighted by Gasteiger charge is -2.40. The van der Waals surface area contributed by atoms with Gasteiger partial charge in [-0.25, -0.2) is 4.79 Å². The van der Waals surface area contributed by atoms with Crippen molar-refractivity contribution in [1.82, 2.24) is 0 Å². The average Bonchev–Trinajstić information content (AvgIpc) is 3.00. The van der Waals surface area contributed by atoms with Crippen molar-refractivity contribution in [2.45, 2.75) is 96.3 Å². The molecule has 2 rings (SSSR count). The van der Waals surface area contributed by atoms with Gasteiger partial charge in [-0.2, -0.15) is 0 Å². The van der Waals surface area contributed by atoms with Crippen LogP contribution >= 0.6 is 0 Å². The number of carbonyl (C=O) groups excluding carboxylic acids is 1. The van der Waals surface area contributed by atoms with Gasteiger partial charge in [0.25, 0.3) is 0 Å². The third-order valence-electron chi connectivity index (χ3n) is 6.30. The molecule has 0 N–H and O–H groups in total. The zero-order valence-corrected chi connectivity index (χ0v) is 22.6. The monoisotopic (exact) mass is 478 g/mol. The highest BCUT2D eigenvalue weighted by Gasteiger charge is 2.44. The van der Waals surface area contributed by atoms with Gasteiger partial charge in [0.05, 0.1) is 32.5 Å². The Kier molecular flexibility index (Phi) is 9.88. The van der Waals surface area contributed by atoms with Crippen molar-refractivity contribution in [2.24, 2.45) is 0 Å². The summed E-state index contributed by atoms with van der Waals surface area (Å²) in [7, 11) is -0.653.